The molecule has 0 bridgehead atoms. The van der Waals surface area contributed by atoms with Gasteiger partial charge in [0.15, 0.2) is 0 Å². The summed E-state index contributed by atoms with van der Waals surface area (Å²) in [5, 5.41) is 32.9. The highest BCUT2D eigenvalue weighted by molar-refractivity contribution is 6.28. The first-order valence-corrected chi connectivity index (χ1v) is 48.0. The Hall–Kier alpha value is -17.7. The van der Waals surface area contributed by atoms with Crippen LogP contribution in [0.3, 0.4) is 0 Å². The molecule has 0 aliphatic heterocycles. The van der Waals surface area contributed by atoms with Crippen LogP contribution in [0.2, 0.25) is 0 Å². The van der Waals surface area contributed by atoms with Crippen molar-refractivity contribution in [3.8, 4) is 122 Å². The van der Waals surface area contributed by atoms with Gasteiger partial charge in [-0.1, -0.05) is 460 Å². The van der Waals surface area contributed by atoms with Gasteiger partial charge in [0.1, 0.15) is 0 Å². The van der Waals surface area contributed by atoms with Crippen molar-refractivity contribution in [2.45, 2.75) is 13.8 Å². The van der Waals surface area contributed by atoms with Gasteiger partial charge in [0.2, 0.25) is 0 Å². The lowest BCUT2D eigenvalue weighted by atomic mass is 9.83. The Kier molecular flexibility index (Phi) is 20.9. The Bertz CT molecular complexity index is 9370. The van der Waals surface area contributed by atoms with Gasteiger partial charge in [0, 0.05) is 0 Å². The topological polar surface area (TPSA) is 0 Å². The minimum Gasteiger partial charge on any atom is -0.0622 e. The molecule has 0 unspecified atom stereocenters. The summed E-state index contributed by atoms with van der Waals surface area (Å²) in [4.78, 5) is 0. The van der Waals surface area contributed by atoms with Crippen molar-refractivity contribution in [1.29, 1.82) is 0 Å². The largest absolute Gasteiger partial charge is 0.0622 e. The number of hydrogen-bond acceptors (Lipinski definition) is 0. The highest BCUT2D eigenvalue weighted by Gasteiger charge is 2.25. The molecule has 644 valence electrons. The summed E-state index contributed by atoms with van der Waals surface area (Å²) in [5.41, 5.74) is 30.1. The fraction of sp³-hybridized carbons (Fsp3) is 0.0145. The van der Waals surface area contributed by atoms with Crippen LogP contribution in [0.1, 0.15) is 11.1 Å². The van der Waals surface area contributed by atoms with E-state index < -0.39 is 0 Å². The van der Waals surface area contributed by atoms with Gasteiger partial charge in [-0.15, -0.1) is 0 Å². The zero-order chi connectivity index (χ0) is 91.7. The van der Waals surface area contributed by atoms with Gasteiger partial charge in [0.25, 0.3) is 0 Å². The van der Waals surface area contributed by atoms with Crippen molar-refractivity contribution >= 4 is 140 Å². The molecule has 0 aliphatic carbocycles. The average Bonchev–Trinajstić information content (AvgIpc) is 0.736. The number of hydrogen-bond donors (Lipinski definition) is 0. The highest BCUT2D eigenvalue weighted by Crippen LogP contribution is 2.53. The van der Waals surface area contributed by atoms with Crippen molar-refractivity contribution in [2.24, 2.45) is 0 Å². The summed E-state index contributed by atoms with van der Waals surface area (Å²) in [6.07, 6.45) is 0. The zero-order valence-corrected chi connectivity index (χ0v) is 76.7. The van der Waals surface area contributed by atoms with E-state index in [2.05, 4.69) is 536 Å². The second-order valence-corrected chi connectivity index (χ2v) is 36.9. The molecule has 138 heavy (non-hydrogen) atoms. The van der Waals surface area contributed by atoms with Crippen molar-refractivity contribution in [1.82, 2.24) is 0 Å². The molecule has 0 nitrogen and oxygen atoms in total. The van der Waals surface area contributed by atoms with Crippen LogP contribution in [0.5, 0.6) is 0 Å². The predicted molar refractivity (Wildman–Crippen MR) is 596 cm³/mol. The van der Waals surface area contributed by atoms with Crippen molar-refractivity contribution in [2.75, 3.05) is 0 Å². The van der Waals surface area contributed by atoms with E-state index in [1.54, 1.807) is 0 Å². The number of aryl methyl sites for hydroxylation is 2. The minimum atomic E-state index is 1.22. The second kappa shape index (κ2) is 35.0. The Morgan fingerprint density at radius 2 is 0.304 bits per heavy atom. The third-order valence-electron chi connectivity index (χ3n) is 28.5. The second-order valence-electron chi connectivity index (χ2n) is 36.9. The maximum Gasteiger partial charge on any atom is -0.00199 e. The van der Waals surface area contributed by atoms with Crippen LogP contribution in [0, 0.1) is 13.8 Å². The van der Waals surface area contributed by atoms with Gasteiger partial charge in [-0.3, -0.25) is 0 Å². The molecule has 27 aromatic carbocycles. The predicted octanol–water partition coefficient (Wildman–Crippen LogP) is 39.0. The lowest BCUT2D eigenvalue weighted by molar-refractivity contribution is 1.49. The van der Waals surface area contributed by atoms with E-state index in [1.165, 1.54) is 274 Å². The molecule has 0 radical (unpaired) electrons. The fourth-order valence-corrected chi connectivity index (χ4v) is 22.0. The van der Waals surface area contributed by atoms with E-state index in [-0.39, 0.29) is 0 Å². The normalized spacial score (nSPS) is 11.6. The molecule has 27 aromatic rings. The van der Waals surface area contributed by atoms with E-state index in [0.29, 0.717) is 0 Å². The summed E-state index contributed by atoms with van der Waals surface area (Å²) in [6.45, 7) is 4.40. The molecule has 0 atom stereocenters. The molecular weight excluding hydrogens is 1660 g/mol. The van der Waals surface area contributed by atoms with Crippen LogP contribution in [-0.4, -0.2) is 0 Å². The van der Waals surface area contributed by atoms with Gasteiger partial charge in [-0.05, 0) is 349 Å². The van der Waals surface area contributed by atoms with Gasteiger partial charge in [-0.25, -0.2) is 0 Å². The van der Waals surface area contributed by atoms with Gasteiger partial charge < -0.3 is 0 Å². The van der Waals surface area contributed by atoms with Crippen LogP contribution < -0.4 is 0 Å². The standard InChI is InChI=1S/C50H32.C46H30.C42H30/c1-3-14-35-28-38(26-24-33(35)12-1)37-17-11-18-41(30-37)49-44-20-7-9-22-46(44)50(47-23-10-8-21-45(47)49)48-32-42(31-40-16-5-6-19-43(40)48)39-27-25-34-13-2-4-15-36(34)29-39;1-2-13-31(14-3-1)34-18-12-19-37(28-34)45-40-21-8-10-23-42(40)46(43-24-11-9-22-41(43)45)44-30-38(29-36-17-6-7-20-39(36)44)35-26-25-32-15-4-5-16-33(32)27-35;1-27-16-20-36-38(22-27)41(30-11-4-3-5-12-30)39-23-28(2)17-21-37(39)42(36)40-26-34(25-33-14-8-9-15-35(33)40)32-19-18-29-10-6-7-13-31(29)24-32/h1-32H;1-30H;3-26H,1-2H3. The first kappa shape index (κ1) is 82.2. The lowest BCUT2D eigenvalue weighted by Crippen LogP contribution is -1.93. The Labute approximate surface area is 803 Å². The molecule has 0 spiro atoms. The van der Waals surface area contributed by atoms with E-state index in [9.17, 15) is 0 Å². The maximum absolute atomic E-state index is 2.42. The van der Waals surface area contributed by atoms with Crippen LogP contribution in [0.25, 0.3) is 262 Å². The molecular formula is C138H92. The van der Waals surface area contributed by atoms with Crippen LogP contribution in [0.4, 0.5) is 0 Å². The molecule has 0 saturated heterocycles. The molecule has 0 fully saturated rings. The fourth-order valence-electron chi connectivity index (χ4n) is 22.0. The maximum atomic E-state index is 2.42. The van der Waals surface area contributed by atoms with Crippen LogP contribution in [0.15, 0.2) is 522 Å². The van der Waals surface area contributed by atoms with E-state index >= 15 is 0 Å². The van der Waals surface area contributed by atoms with Crippen LogP contribution >= 0.6 is 0 Å². The van der Waals surface area contributed by atoms with Gasteiger partial charge in [0.05, 0.1) is 0 Å². The lowest BCUT2D eigenvalue weighted by Gasteiger charge is -2.20. The summed E-state index contributed by atoms with van der Waals surface area (Å²) >= 11 is 0. The van der Waals surface area contributed by atoms with E-state index in [0.717, 1.165) is 0 Å². The Balaban J connectivity index is 0.000000110. The average molecular weight is 1750 g/mol. The number of rotatable bonds is 11. The summed E-state index contributed by atoms with van der Waals surface area (Å²) in [6, 6.07) is 192. The Morgan fingerprint density at radius 3 is 0.623 bits per heavy atom. The van der Waals surface area contributed by atoms with Crippen molar-refractivity contribution in [3.05, 3.63) is 533 Å². The summed E-state index contributed by atoms with van der Waals surface area (Å²) < 4.78 is 0. The van der Waals surface area contributed by atoms with E-state index in [4.69, 9.17) is 0 Å². The molecule has 0 heterocycles. The molecule has 0 saturated carbocycles. The molecule has 27 rings (SSSR count). The quantitative estimate of drug-likeness (QED) is 0.113. The van der Waals surface area contributed by atoms with Crippen molar-refractivity contribution in [3.63, 3.8) is 0 Å². The van der Waals surface area contributed by atoms with Crippen LogP contribution in [-0.2, 0) is 0 Å². The monoisotopic (exact) mass is 1750 g/mol. The van der Waals surface area contributed by atoms with Gasteiger partial charge >= 0.3 is 0 Å². The summed E-state index contributed by atoms with van der Waals surface area (Å²) in [7, 11) is 0. The van der Waals surface area contributed by atoms with Crippen molar-refractivity contribution < 1.29 is 0 Å². The summed E-state index contributed by atoms with van der Waals surface area (Å²) in [5.74, 6) is 0. The van der Waals surface area contributed by atoms with E-state index in [1.807, 2.05) is 0 Å². The third kappa shape index (κ3) is 15.0. The highest BCUT2D eigenvalue weighted by atomic mass is 14.3. The molecule has 0 aliphatic rings. The van der Waals surface area contributed by atoms with Gasteiger partial charge in [-0.2, -0.15) is 0 Å². The molecule has 0 aromatic heterocycles. The smallest absolute Gasteiger partial charge is 0.00199 e. The number of fused-ring (bicyclic) bond motifs is 13. The molecule has 0 N–H and O–H groups in total. The number of benzene rings is 27. The molecule has 0 amide bonds. The minimum absolute atomic E-state index is 1.22. The molecule has 0 heteroatoms. The first-order valence-electron chi connectivity index (χ1n) is 48.0. The third-order valence-corrected chi connectivity index (χ3v) is 28.5. The SMILES string of the molecule is Cc1ccc2c(-c3cc(-c4ccc5ccccc5c4)cc4ccccc34)c3ccc(C)cc3c(-c3ccccc3)c2c1.c1cc(-c2ccc3ccccc3c2)cc(-c2c3ccccc3c(-c3cc(-c4ccc5ccccc5c4)cc4ccccc34)c3ccccc23)c1.c1ccc(-c2cccc(-c3c4ccccc4c(-c4cc(-c5ccc6ccccc6c5)cc5ccccc45)c4ccccc34)c2)cc1. The first-order chi connectivity index (χ1) is 68.2. The Morgan fingerprint density at radius 1 is 0.0942 bits per heavy atom. The zero-order valence-electron chi connectivity index (χ0n) is 76.7.